The first-order valence-electron chi connectivity index (χ1n) is 3.29. The molecule has 0 atom stereocenters. The number of methoxy groups -OCH3 is 2. The summed E-state index contributed by atoms with van der Waals surface area (Å²) in [6.45, 7) is 2.07. The van der Waals surface area contributed by atoms with E-state index in [1.807, 2.05) is 6.92 Å². The van der Waals surface area contributed by atoms with Crippen molar-refractivity contribution in [2.24, 2.45) is 0 Å². The molecule has 0 aromatic carbocycles. The molecule has 0 aliphatic heterocycles. The maximum absolute atomic E-state index is 9.96. The zero-order valence-electron chi connectivity index (χ0n) is 6.99. The van der Waals surface area contributed by atoms with E-state index in [1.54, 1.807) is 0 Å². The van der Waals surface area contributed by atoms with Crippen LogP contribution in [0.3, 0.4) is 0 Å². The molecule has 11 heavy (non-hydrogen) atoms. The average Bonchev–Trinajstić information content (AvgIpc) is 2.08. The molecule has 0 saturated heterocycles. The summed E-state index contributed by atoms with van der Waals surface area (Å²) in [6.07, 6.45) is 0.648. The van der Waals surface area contributed by atoms with Crippen LogP contribution in [-0.2, 0) is 18.6 Å². The summed E-state index contributed by atoms with van der Waals surface area (Å²) in [5, 5.41) is 0. The quantitative estimate of drug-likeness (QED) is 0.460. The van der Waals surface area contributed by atoms with E-state index < -0.39 is 5.79 Å². The van der Waals surface area contributed by atoms with Gasteiger partial charge in [-0.15, -0.1) is 0 Å². The van der Waals surface area contributed by atoms with Crippen molar-refractivity contribution in [1.29, 1.82) is 0 Å². The Morgan fingerprint density at radius 3 is 2.18 bits per heavy atom. The molecular formula is C6H13O4P. The third-order valence-corrected chi connectivity index (χ3v) is 1.85. The standard InChI is InChI=1S/C6H13O4P/c1-4-6(8-2,9-3)5-10-11-7/h4-5H2,1-3H3. The first-order valence-corrected chi connectivity index (χ1v) is 4.02. The van der Waals surface area contributed by atoms with Gasteiger partial charge in [0.05, 0.1) is 0 Å². The Balaban J connectivity index is 3.93. The zero-order valence-corrected chi connectivity index (χ0v) is 7.89. The number of ether oxygens (including phenoxy) is 2. The van der Waals surface area contributed by atoms with Gasteiger partial charge >= 0.3 is 8.69 Å². The minimum atomic E-state index is -0.753. The SMILES string of the molecule is CCC(COP=O)(OC)OC. The zero-order chi connectivity index (χ0) is 8.74. The van der Waals surface area contributed by atoms with Gasteiger partial charge in [0.1, 0.15) is 6.61 Å². The van der Waals surface area contributed by atoms with E-state index in [0.717, 1.165) is 0 Å². The summed E-state index contributed by atoms with van der Waals surface area (Å²) in [6, 6.07) is 0. The minimum Gasteiger partial charge on any atom is -0.351 e. The predicted molar refractivity (Wildman–Crippen MR) is 40.6 cm³/mol. The summed E-state index contributed by atoms with van der Waals surface area (Å²) >= 11 is 0. The Labute approximate surface area is 68.1 Å². The third kappa shape index (κ3) is 3.25. The molecule has 0 rings (SSSR count). The lowest BCUT2D eigenvalue weighted by Gasteiger charge is -2.27. The van der Waals surface area contributed by atoms with Crippen LogP contribution in [0.2, 0.25) is 0 Å². The highest BCUT2D eigenvalue weighted by Gasteiger charge is 2.27. The van der Waals surface area contributed by atoms with E-state index in [2.05, 4.69) is 4.52 Å². The normalized spacial score (nSPS) is 12.3. The highest BCUT2D eigenvalue weighted by Crippen LogP contribution is 2.17. The fourth-order valence-corrected chi connectivity index (χ4v) is 0.966. The fourth-order valence-electron chi connectivity index (χ4n) is 0.717. The number of hydrogen-bond acceptors (Lipinski definition) is 4. The van der Waals surface area contributed by atoms with Crippen molar-refractivity contribution in [2.75, 3.05) is 20.8 Å². The summed E-state index contributed by atoms with van der Waals surface area (Å²) in [7, 11) is 2.70. The third-order valence-electron chi connectivity index (χ3n) is 1.62. The van der Waals surface area contributed by atoms with Crippen molar-refractivity contribution in [3.8, 4) is 0 Å². The van der Waals surface area contributed by atoms with Crippen LogP contribution in [0.25, 0.3) is 0 Å². The van der Waals surface area contributed by atoms with Gasteiger partial charge in [0, 0.05) is 20.6 Å². The van der Waals surface area contributed by atoms with Crippen molar-refractivity contribution in [2.45, 2.75) is 19.1 Å². The largest absolute Gasteiger partial charge is 0.351 e. The van der Waals surface area contributed by atoms with Crippen LogP contribution in [0.15, 0.2) is 0 Å². The molecule has 0 aromatic rings. The van der Waals surface area contributed by atoms with Crippen LogP contribution in [0.1, 0.15) is 13.3 Å². The summed E-state index contributed by atoms with van der Waals surface area (Å²) < 4.78 is 24.7. The van der Waals surface area contributed by atoms with Gasteiger partial charge in [-0.3, -0.25) is 4.52 Å². The summed E-state index contributed by atoms with van der Waals surface area (Å²) in [4.78, 5) is 0. The topological polar surface area (TPSA) is 44.8 Å². The second kappa shape index (κ2) is 5.61. The monoisotopic (exact) mass is 180 g/mol. The molecule has 4 nitrogen and oxygen atoms in total. The smallest absolute Gasteiger partial charge is 0.327 e. The van der Waals surface area contributed by atoms with E-state index in [0.29, 0.717) is 6.42 Å². The van der Waals surface area contributed by atoms with Crippen LogP contribution in [0, 0.1) is 0 Å². The van der Waals surface area contributed by atoms with E-state index in [4.69, 9.17) is 9.47 Å². The molecule has 66 valence electrons. The van der Waals surface area contributed by atoms with Crippen LogP contribution >= 0.6 is 8.69 Å². The molecule has 0 fully saturated rings. The Hall–Kier alpha value is -0.0200. The molecule has 0 saturated carbocycles. The van der Waals surface area contributed by atoms with E-state index >= 15 is 0 Å². The average molecular weight is 180 g/mol. The second-order valence-electron chi connectivity index (χ2n) is 2.02. The fraction of sp³-hybridized carbons (Fsp3) is 1.00. The Kier molecular flexibility index (Phi) is 5.60. The minimum absolute atomic E-state index is 0.168. The van der Waals surface area contributed by atoms with Gasteiger partial charge in [0.25, 0.3) is 0 Å². The number of hydrogen-bond donors (Lipinski definition) is 0. The van der Waals surface area contributed by atoms with Gasteiger partial charge in [-0.1, -0.05) is 6.92 Å². The van der Waals surface area contributed by atoms with Crippen molar-refractivity contribution in [3.63, 3.8) is 0 Å². The first-order chi connectivity index (χ1) is 5.24. The molecule has 0 amide bonds. The van der Waals surface area contributed by atoms with Gasteiger partial charge < -0.3 is 9.47 Å². The maximum atomic E-state index is 9.96. The van der Waals surface area contributed by atoms with Gasteiger partial charge in [0.2, 0.25) is 0 Å². The number of rotatable bonds is 6. The molecule has 0 spiro atoms. The predicted octanol–water partition coefficient (Wildman–Crippen LogP) is 1.61. The maximum Gasteiger partial charge on any atom is 0.327 e. The Bertz CT molecular complexity index is 105. The van der Waals surface area contributed by atoms with E-state index in [9.17, 15) is 4.57 Å². The molecule has 0 bridgehead atoms. The van der Waals surface area contributed by atoms with Gasteiger partial charge in [0.15, 0.2) is 5.79 Å². The lowest BCUT2D eigenvalue weighted by atomic mass is 10.2. The highest BCUT2D eigenvalue weighted by molar-refractivity contribution is 7.17. The van der Waals surface area contributed by atoms with Gasteiger partial charge in [-0.05, 0) is 0 Å². The molecule has 0 aliphatic rings. The molecular weight excluding hydrogens is 167 g/mol. The summed E-state index contributed by atoms with van der Waals surface area (Å²) in [5.74, 6) is -0.753. The van der Waals surface area contributed by atoms with Crippen LogP contribution in [0.5, 0.6) is 0 Å². The molecule has 0 heterocycles. The lowest BCUT2D eigenvalue weighted by Crippen LogP contribution is -2.37. The second-order valence-corrected chi connectivity index (χ2v) is 2.43. The van der Waals surface area contributed by atoms with Crippen molar-refractivity contribution in [3.05, 3.63) is 0 Å². The molecule has 0 N–H and O–H groups in total. The molecule has 0 aromatic heterocycles. The van der Waals surface area contributed by atoms with E-state index in [1.165, 1.54) is 14.2 Å². The Morgan fingerprint density at radius 1 is 1.36 bits per heavy atom. The van der Waals surface area contributed by atoms with Gasteiger partial charge in [-0.25, -0.2) is 4.57 Å². The first kappa shape index (κ1) is 11.0. The van der Waals surface area contributed by atoms with Gasteiger partial charge in [-0.2, -0.15) is 0 Å². The van der Waals surface area contributed by atoms with Crippen LogP contribution in [0.4, 0.5) is 0 Å². The molecule has 5 heteroatoms. The molecule has 0 aliphatic carbocycles. The van der Waals surface area contributed by atoms with Crippen molar-refractivity contribution >= 4 is 8.69 Å². The van der Waals surface area contributed by atoms with Crippen LogP contribution < -0.4 is 0 Å². The highest BCUT2D eigenvalue weighted by atomic mass is 31.1. The summed E-state index contributed by atoms with van der Waals surface area (Å²) in [5.41, 5.74) is 0. The van der Waals surface area contributed by atoms with Crippen molar-refractivity contribution < 1.29 is 18.6 Å². The molecule has 0 unspecified atom stereocenters. The van der Waals surface area contributed by atoms with Crippen LogP contribution in [-0.4, -0.2) is 26.6 Å². The Morgan fingerprint density at radius 2 is 1.91 bits per heavy atom. The lowest BCUT2D eigenvalue weighted by molar-refractivity contribution is -0.222. The molecule has 0 radical (unpaired) electrons. The van der Waals surface area contributed by atoms with Crippen molar-refractivity contribution in [1.82, 2.24) is 0 Å². The van der Waals surface area contributed by atoms with E-state index in [-0.39, 0.29) is 15.3 Å².